The van der Waals surface area contributed by atoms with Gasteiger partial charge >= 0.3 is 12.0 Å². The average Bonchev–Trinajstić information content (AvgIpc) is 3.58. The number of ketones is 1. The van der Waals surface area contributed by atoms with E-state index in [2.05, 4.69) is 19.2 Å². The molecule has 0 aliphatic carbocycles. The molecule has 63 heavy (non-hydrogen) atoms. The molecule has 0 aromatic carbocycles. The Hall–Kier alpha value is -2.18. The Morgan fingerprint density at radius 1 is 0.889 bits per heavy atom. The number of carbonyl (C=O) groups excluding carboxylic acids is 2. The third-order valence-corrected chi connectivity index (χ3v) is 18.0. The lowest BCUT2D eigenvalue weighted by Crippen LogP contribution is -2.66. The molecular weight excluding hydrogens is 833 g/mol. The van der Waals surface area contributed by atoms with Crippen LogP contribution >= 0.6 is 0 Å². The molecule has 5 saturated heterocycles. The van der Waals surface area contributed by atoms with Crippen molar-refractivity contribution in [3.8, 4) is 0 Å². The van der Waals surface area contributed by atoms with E-state index in [9.17, 15) is 38.1 Å². The topological polar surface area (TPSA) is 207 Å². The minimum atomic E-state index is -3.22. The Labute approximate surface area is 375 Å². The maximum atomic E-state index is 14.7. The number of carboxylic acid groups (broad SMARTS) is 1. The van der Waals surface area contributed by atoms with Crippen LogP contribution in [0.4, 0.5) is 4.79 Å². The van der Waals surface area contributed by atoms with Crippen molar-refractivity contribution < 1.29 is 61.8 Å². The fourth-order valence-electron chi connectivity index (χ4n) is 11.8. The second kappa shape index (κ2) is 19.2. The van der Waals surface area contributed by atoms with Crippen LogP contribution in [0.1, 0.15) is 133 Å². The normalized spacial score (nSPS) is 42.9. The van der Waals surface area contributed by atoms with E-state index in [0.29, 0.717) is 57.8 Å². The van der Waals surface area contributed by atoms with E-state index in [1.54, 1.807) is 6.92 Å². The molecule has 18 atom stereocenters. The highest BCUT2D eigenvalue weighted by Crippen LogP contribution is 2.54. The van der Waals surface area contributed by atoms with Crippen LogP contribution in [-0.4, -0.2) is 136 Å². The van der Waals surface area contributed by atoms with Crippen LogP contribution in [0.25, 0.3) is 0 Å². The SMILES string of the molecule is CCC(C(=O)[C@@H](C)[C@@H](O)[C@H](C)[C@@H]1O[C@@H](C(CC)C(=O)O)CC[C@@H]1C)[C@H]1O[C@]2(C=C[C@@H](NC(=O)N3CCS(=O)(=O)CC3)[C@]3(CC[C@@](C)([C@H]4CC[C@](O)(CC)[C@H](C)O4)O3)O2)[C@H](C)C[C@@H]1C. The van der Waals surface area contributed by atoms with Crippen LogP contribution in [-0.2, 0) is 43.1 Å². The second-order valence-electron chi connectivity index (χ2n) is 20.5. The number of aliphatic hydroxyl groups excluding tert-OH is 1. The lowest BCUT2D eigenvalue weighted by atomic mass is 9.72. The van der Waals surface area contributed by atoms with Gasteiger partial charge in [-0.15, -0.1) is 0 Å². The molecule has 2 unspecified atom stereocenters. The van der Waals surface area contributed by atoms with Crippen molar-refractivity contribution >= 4 is 27.6 Å². The minimum Gasteiger partial charge on any atom is -0.481 e. The lowest BCUT2D eigenvalue weighted by molar-refractivity contribution is -0.398. The zero-order chi connectivity index (χ0) is 46.4. The standard InChI is InChI=1S/C47H78N2O13S/c1-11-33(42(52)53)35-15-14-27(4)40(59-35)31(8)38(50)30(7)39(51)34(12-2)41-28(5)26-29(6)46(60-41)19-16-36(48-43(54)49-22-24-63(56,57)25-23-49)47(62-46)21-20-44(10,61-47)37-17-18-45(55,13-3)32(9)58-37/h16,19,27-38,40-41,50,55H,11-15,17-18,20-26H2,1-10H3,(H,48,54)(H,52,53)/t27-,28-,29+,30-,31-,32-,33?,34?,35+,36+,37+,38+,40+,41-,44-,45+,46-,47-/m0/s1. The highest BCUT2D eigenvalue weighted by Gasteiger charge is 2.63. The number of carbonyl (C=O) groups is 3. The molecule has 6 aliphatic heterocycles. The molecule has 2 amide bonds. The molecule has 2 spiro atoms. The molecule has 0 bridgehead atoms. The van der Waals surface area contributed by atoms with Gasteiger partial charge in [-0.2, -0.15) is 0 Å². The summed E-state index contributed by atoms with van der Waals surface area (Å²) in [6.45, 7) is 19.6. The van der Waals surface area contributed by atoms with E-state index in [1.165, 1.54) is 4.90 Å². The van der Waals surface area contributed by atoms with Crippen molar-refractivity contribution in [2.75, 3.05) is 24.6 Å². The minimum absolute atomic E-state index is 0.0595. The number of rotatable bonds is 13. The van der Waals surface area contributed by atoms with Crippen molar-refractivity contribution in [3.63, 3.8) is 0 Å². The Balaban J connectivity index is 1.25. The molecule has 0 aromatic heterocycles. The van der Waals surface area contributed by atoms with Gasteiger partial charge in [-0.3, -0.25) is 9.59 Å². The van der Waals surface area contributed by atoms with Crippen molar-refractivity contribution in [2.24, 2.45) is 41.4 Å². The number of amides is 2. The lowest BCUT2D eigenvalue weighted by Gasteiger charge is -2.55. The number of aliphatic carboxylic acids is 1. The van der Waals surface area contributed by atoms with Crippen LogP contribution < -0.4 is 5.32 Å². The van der Waals surface area contributed by atoms with Crippen molar-refractivity contribution in [1.82, 2.24) is 10.2 Å². The molecule has 0 radical (unpaired) electrons. The third kappa shape index (κ3) is 9.94. The van der Waals surface area contributed by atoms with Crippen molar-refractivity contribution in [3.05, 3.63) is 12.2 Å². The molecule has 15 nitrogen and oxygen atoms in total. The smallest absolute Gasteiger partial charge is 0.318 e. The fraction of sp³-hybridized carbons (Fsp3) is 0.894. The summed E-state index contributed by atoms with van der Waals surface area (Å²) in [6.07, 6.45) is 5.86. The number of hydrogen-bond donors (Lipinski definition) is 4. The van der Waals surface area contributed by atoms with E-state index in [4.69, 9.17) is 23.7 Å². The molecule has 6 heterocycles. The van der Waals surface area contributed by atoms with Gasteiger partial charge in [0.25, 0.3) is 0 Å². The van der Waals surface area contributed by atoms with Gasteiger partial charge in [0, 0.05) is 43.2 Å². The zero-order valence-electron chi connectivity index (χ0n) is 39.4. The van der Waals surface area contributed by atoms with Crippen LogP contribution in [0.2, 0.25) is 0 Å². The largest absolute Gasteiger partial charge is 0.481 e. The Kier molecular flexibility index (Phi) is 15.3. The van der Waals surface area contributed by atoms with Crippen LogP contribution in [0, 0.1) is 41.4 Å². The highest BCUT2D eigenvalue weighted by molar-refractivity contribution is 7.91. The Morgan fingerprint density at radius 3 is 2.16 bits per heavy atom. The summed E-state index contributed by atoms with van der Waals surface area (Å²) in [7, 11) is -3.22. The summed E-state index contributed by atoms with van der Waals surface area (Å²) in [5.41, 5.74) is -1.81. The van der Waals surface area contributed by atoms with Gasteiger partial charge in [-0.25, -0.2) is 13.2 Å². The van der Waals surface area contributed by atoms with Gasteiger partial charge in [-0.1, -0.05) is 61.5 Å². The number of hydrogen-bond acceptors (Lipinski definition) is 12. The summed E-state index contributed by atoms with van der Waals surface area (Å²) in [6, 6.07) is -1.21. The molecule has 360 valence electrons. The maximum absolute atomic E-state index is 14.7. The molecule has 16 heteroatoms. The zero-order valence-corrected chi connectivity index (χ0v) is 40.2. The van der Waals surface area contributed by atoms with E-state index >= 15 is 0 Å². The summed E-state index contributed by atoms with van der Waals surface area (Å²) in [5, 5.41) is 36.1. The Bertz CT molecular complexity index is 1780. The van der Waals surface area contributed by atoms with E-state index in [-0.39, 0.29) is 54.2 Å². The molecule has 6 aliphatic rings. The summed E-state index contributed by atoms with van der Waals surface area (Å²) < 4.78 is 58.9. The molecule has 4 N–H and O–H groups in total. The van der Waals surface area contributed by atoms with Gasteiger partial charge in [-0.05, 0) is 89.5 Å². The quantitative estimate of drug-likeness (QED) is 0.166. The highest BCUT2D eigenvalue weighted by atomic mass is 32.2. The number of urea groups is 1. The maximum Gasteiger partial charge on any atom is 0.318 e. The predicted octanol–water partition coefficient (Wildman–Crippen LogP) is 5.64. The molecule has 5 fully saturated rings. The van der Waals surface area contributed by atoms with Gasteiger partial charge < -0.3 is 49.2 Å². The van der Waals surface area contributed by atoms with Gasteiger partial charge in [0.1, 0.15) is 11.8 Å². The number of sulfone groups is 1. The Morgan fingerprint density at radius 2 is 1.56 bits per heavy atom. The second-order valence-corrected chi connectivity index (χ2v) is 22.8. The number of ether oxygens (including phenoxy) is 5. The summed E-state index contributed by atoms with van der Waals surface area (Å²) in [4.78, 5) is 42.1. The molecule has 6 rings (SSSR count). The first-order valence-corrected chi connectivity index (χ1v) is 25.8. The number of Topliss-reactive ketones (excluding diaryl/α,β-unsaturated/α-hetero) is 1. The van der Waals surface area contributed by atoms with Crippen LogP contribution in [0.3, 0.4) is 0 Å². The third-order valence-electron chi connectivity index (χ3n) is 16.4. The first-order chi connectivity index (χ1) is 29.5. The number of carboxylic acids is 1. The molecule has 0 aromatic rings. The van der Waals surface area contributed by atoms with Crippen molar-refractivity contribution in [1.29, 1.82) is 0 Å². The molecule has 0 saturated carbocycles. The fourth-order valence-corrected chi connectivity index (χ4v) is 13.0. The van der Waals surface area contributed by atoms with E-state index in [1.807, 2.05) is 60.6 Å². The van der Waals surface area contributed by atoms with E-state index in [0.717, 1.165) is 6.42 Å². The molecular formula is C47H78N2O13S. The van der Waals surface area contributed by atoms with Gasteiger partial charge in [0.05, 0.1) is 65.2 Å². The van der Waals surface area contributed by atoms with Gasteiger partial charge in [0.15, 0.2) is 21.4 Å². The average molecular weight is 911 g/mol. The van der Waals surface area contributed by atoms with Crippen LogP contribution in [0.5, 0.6) is 0 Å². The number of aliphatic hydroxyl groups is 2. The van der Waals surface area contributed by atoms with Crippen molar-refractivity contribution in [2.45, 2.75) is 199 Å². The van der Waals surface area contributed by atoms with E-state index < -0.39 is 105 Å². The summed E-state index contributed by atoms with van der Waals surface area (Å²) >= 11 is 0. The monoisotopic (exact) mass is 911 g/mol. The summed E-state index contributed by atoms with van der Waals surface area (Å²) in [5.74, 6) is -6.65. The predicted molar refractivity (Wildman–Crippen MR) is 235 cm³/mol. The number of nitrogens with zero attached hydrogens (tertiary/aromatic N) is 1. The first-order valence-electron chi connectivity index (χ1n) is 24.0. The van der Waals surface area contributed by atoms with Gasteiger partial charge in [0.2, 0.25) is 0 Å². The first kappa shape index (κ1) is 50.2. The van der Waals surface area contributed by atoms with Crippen LogP contribution in [0.15, 0.2) is 12.2 Å². The number of nitrogens with one attached hydrogen (secondary N) is 1.